The smallest absolute Gasteiger partial charge is 0.338 e. The van der Waals surface area contributed by atoms with Crippen LogP contribution in [-0.2, 0) is 27.2 Å². The average Bonchev–Trinajstić information content (AvgIpc) is 2.97. The van der Waals surface area contributed by atoms with Gasteiger partial charge in [0.05, 0.1) is 36.3 Å². The minimum Gasteiger partial charge on any atom is -0.460 e. The van der Waals surface area contributed by atoms with E-state index in [0.29, 0.717) is 18.8 Å². The number of benzene rings is 1. The van der Waals surface area contributed by atoms with Crippen LogP contribution in [0.2, 0.25) is 0 Å². The number of aromatic amines is 1. The van der Waals surface area contributed by atoms with E-state index in [2.05, 4.69) is 4.98 Å². The molecule has 3 rings (SSSR count). The molecule has 6 heteroatoms. The number of esters is 1. The Hall–Kier alpha value is -2.18. The van der Waals surface area contributed by atoms with Crippen molar-refractivity contribution >= 4 is 5.97 Å². The summed E-state index contributed by atoms with van der Waals surface area (Å²) in [5, 5.41) is 0. The summed E-state index contributed by atoms with van der Waals surface area (Å²) in [6.45, 7) is 7.13. The summed E-state index contributed by atoms with van der Waals surface area (Å²) in [5.74, 6) is 0.426. The number of nitrogens with one attached hydrogen (secondary N) is 1. The standard InChI is InChI=1S/C19H24N2O4/c1-11-7-12(2)15(19(22)24-6-5-23-4)9-14(11)18-20-16-8-13(3)25-10-17(16)21-18/h7,9,13H,5-6,8,10H2,1-4H3,(H,20,21). The highest BCUT2D eigenvalue weighted by atomic mass is 16.6. The first-order chi connectivity index (χ1) is 12.0. The van der Waals surface area contributed by atoms with Gasteiger partial charge in [-0.05, 0) is 38.0 Å². The molecule has 0 radical (unpaired) electrons. The molecule has 1 aliphatic rings. The zero-order chi connectivity index (χ0) is 18.0. The van der Waals surface area contributed by atoms with Crippen molar-refractivity contribution in [2.45, 2.75) is 39.9 Å². The molecule has 1 unspecified atom stereocenters. The van der Waals surface area contributed by atoms with E-state index >= 15 is 0 Å². The van der Waals surface area contributed by atoms with E-state index in [0.717, 1.165) is 40.3 Å². The fourth-order valence-corrected chi connectivity index (χ4v) is 3.04. The quantitative estimate of drug-likeness (QED) is 0.667. The second kappa shape index (κ2) is 7.37. The summed E-state index contributed by atoms with van der Waals surface area (Å²) >= 11 is 0. The third-order valence-electron chi connectivity index (χ3n) is 4.42. The third kappa shape index (κ3) is 3.75. The largest absolute Gasteiger partial charge is 0.460 e. The van der Waals surface area contributed by atoms with Crippen LogP contribution in [0.15, 0.2) is 12.1 Å². The number of methoxy groups -OCH3 is 1. The van der Waals surface area contributed by atoms with Crippen LogP contribution >= 0.6 is 0 Å². The Morgan fingerprint density at radius 2 is 2.12 bits per heavy atom. The van der Waals surface area contributed by atoms with Gasteiger partial charge in [-0.1, -0.05) is 6.07 Å². The van der Waals surface area contributed by atoms with Crippen molar-refractivity contribution in [2.75, 3.05) is 20.3 Å². The number of fused-ring (bicyclic) bond motifs is 1. The number of carbonyl (C=O) groups is 1. The number of ether oxygens (including phenoxy) is 3. The second-order valence-corrected chi connectivity index (χ2v) is 6.45. The summed E-state index contributed by atoms with van der Waals surface area (Å²) < 4.78 is 15.8. The van der Waals surface area contributed by atoms with Gasteiger partial charge in [-0.25, -0.2) is 9.78 Å². The van der Waals surface area contributed by atoms with E-state index in [-0.39, 0.29) is 18.7 Å². The van der Waals surface area contributed by atoms with Gasteiger partial charge in [0.1, 0.15) is 12.4 Å². The summed E-state index contributed by atoms with van der Waals surface area (Å²) in [7, 11) is 1.58. The van der Waals surface area contributed by atoms with Gasteiger partial charge >= 0.3 is 5.97 Å². The molecule has 0 amide bonds. The molecular formula is C19H24N2O4. The van der Waals surface area contributed by atoms with Crippen molar-refractivity contribution in [3.63, 3.8) is 0 Å². The Morgan fingerprint density at radius 1 is 1.32 bits per heavy atom. The van der Waals surface area contributed by atoms with E-state index < -0.39 is 0 Å². The van der Waals surface area contributed by atoms with E-state index in [9.17, 15) is 4.79 Å². The molecule has 1 aromatic carbocycles. The first-order valence-electron chi connectivity index (χ1n) is 8.46. The molecule has 2 heterocycles. The zero-order valence-corrected chi connectivity index (χ0v) is 15.1. The van der Waals surface area contributed by atoms with E-state index in [1.54, 1.807) is 7.11 Å². The van der Waals surface area contributed by atoms with Crippen molar-refractivity contribution in [1.29, 1.82) is 0 Å². The number of rotatable bonds is 5. The topological polar surface area (TPSA) is 73.4 Å². The monoisotopic (exact) mass is 344 g/mol. The Bertz CT molecular complexity index is 782. The summed E-state index contributed by atoms with van der Waals surface area (Å²) in [6, 6.07) is 3.84. The number of carbonyl (C=O) groups excluding carboxylic acids is 1. The Labute approximate surface area is 147 Å². The normalized spacial score (nSPS) is 16.6. The molecule has 6 nitrogen and oxygen atoms in total. The second-order valence-electron chi connectivity index (χ2n) is 6.45. The Morgan fingerprint density at radius 3 is 2.88 bits per heavy atom. The number of aromatic nitrogens is 2. The molecule has 0 saturated heterocycles. The predicted octanol–water partition coefficient (Wildman–Crippen LogP) is 2.96. The van der Waals surface area contributed by atoms with Gasteiger partial charge in [0.15, 0.2) is 0 Å². The maximum atomic E-state index is 12.3. The van der Waals surface area contributed by atoms with E-state index in [1.165, 1.54) is 0 Å². The van der Waals surface area contributed by atoms with Crippen molar-refractivity contribution < 1.29 is 19.0 Å². The summed E-state index contributed by atoms with van der Waals surface area (Å²) in [4.78, 5) is 20.4. The number of hydrogen-bond donors (Lipinski definition) is 1. The molecular weight excluding hydrogens is 320 g/mol. The SMILES string of the molecule is COCCOC(=O)c1cc(-c2nc3c([nH]2)COC(C)C3)c(C)cc1C. The minimum atomic E-state index is -0.343. The average molecular weight is 344 g/mol. The molecule has 0 bridgehead atoms. The van der Waals surface area contributed by atoms with Crippen LogP contribution in [0.3, 0.4) is 0 Å². The van der Waals surface area contributed by atoms with Gasteiger partial charge in [-0.2, -0.15) is 0 Å². The lowest BCUT2D eigenvalue weighted by molar-refractivity contribution is 0.0381. The number of H-pyrrole nitrogens is 1. The highest BCUT2D eigenvalue weighted by Crippen LogP contribution is 2.28. The molecule has 2 aromatic rings. The van der Waals surface area contributed by atoms with Gasteiger partial charge in [0, 0.05) is 19.1 Å². The highest BCUT2D eigenvalue weighted by molar-refractivity contribution is 5.92. The van der Waals surface area contributed by atoms with Crippen LogP contribution in [0.25, 0.3) is 11.4 Å². The lowest BCUT2D eigenvalue weighted by Gasteiger charge is -2.17. The molecule has 134 valence electrons. The lowest BCUT2D eigenvalue weighted by atomic mass is 9.99. The molecule has 0 saturated carbocycles. The summed E-state index contributed by atoms with van der Waals surface area (Å²) in [5.41, 5.74) is 5.46. The van der Waals surface area contributed by atoms with Gasteiger partial charge in [0.25, 0.3) is 0 Å². The van der Waals surface area contributed by atoms with Crippen LogP contribution in [-0.4, -0.2) is 42.4 Å². The predicted molar refractivity (Wildman–Crippen MR) is 93.6 cm³/mol. The Balaban J connectivity index is 1.91. The van der Waals surface area contributed by atoms with E-state index in [1.807, 2.05) is 32.9 Å². The first-order valence-corrected chi connectivity index (χ1v) is 8.46. The van der Waals surface area contributed by atoms with Crippen molar-refractivity contribution in [3.8, 4) is 11.4 Å². The van der Waals surface area contributed by atoms with Crippen LogP contribution in [0.1, 0.15) is 39.8 Å². The fraction of sp³-hybridized carbons (Fsp3) is 0.474. The van der Waals surface area contributed by atoms with Gasteiger partial charge in [0.2, 0.25) is 0 Å². The van der Waals surface area contributed by atoms with Crippen LogP contribution in [0.5, 0.6) is 0 Å². The molecule has 1 N–H and O–H groups in total. The third-order valence-corrected chi connectivity index (χ3v) is 4.42. The number of aryl methyl sites for hydroxylation is 2. The van der Waals surface area contributed by atoms with Crippen molar-refractivity contribution in [1.82, 2.24) is 9.97 Å². The maximum absolute atomic E-state index is 12.3. The zero-order valence-electron chi connectivity index (χ0n) is 15.1. The van der Waals surface area contributed by atoms with Crippen molar-refractivity contribution in [3.05, 3.63) is 40.2 Å². The highest BCUT2D eigenvalue weighted by Gasteiger charge is 2.22. The number of imidazole rings is 1. The maximum Gasteiger partial charge on any atom is 0.338 e. The van der Waals surface area contributed by atoms with Crippen LogP contribution < -0.4 is 0 Å². The van der Waals surface area contributed by atoms with Crippen molar-refractivity contribution in [2.24, 2.45) is 0 Å². The molecule has 0 spiro atoms. The molecule has 0 fully saturated rings. The summed E-state index contributed by atoms with van der Waals surface area (Å²) in [6.07, 6.45) is 0.969. The molecule has 1 atom stereocenters. The molecule has 25 heavy (non-hydrogen) atoms. The minimum absolute atomic E-state index is 0.175. The number of nitrogens with zero attached hydrogens (tertiary/aromatic N) is 1. The molecule has 0 aliphatic carbocycles. The van der Waals surface area contributed by atoms with Crippen LogP contribution in [0, 0.1) is 13.8 Å². The number of hydrogen-bond acceptors (Lipinski definition) is 5. The molecule has 1 aliphatic heterocycles. The van der Waals surface area contributed by atoms with Gasteiger partial charge in [-0.15, -0.1) is 0 Å². The van der Waals surface area contributed by atoms with Gasteiger partial charge < -0.3 is 19.2 Å². The first kappa shape index (κ1) is 17.6. The lowest BCUT2D eigenvalue weighted by Crippen LogP contribution is -2.18. The molecule has 1 aromatic heterocycles. The van der Waals surface area contributed by atoms with Crippen LogP contribution in [0.4, 0.5) is 0 Å². The van der Waals surface area contributed by atoms with Gasteiger partial charge in [-0.3, -0.25) is 0 Å². The fourth-order valence-electron chi connectivity index (χ4n) is 3.04. The Kier molecular flexibility index (Phi) is 5.20. The van der Waals surface area contributed by atoms with E-state index in [4.69, 9.17) is 19.2 Å².